The minimum atomic E-state index is -4.62. The first-order valence-electron chi connectivity index (χ1n) is 9.13. The molecule has 2 aromatic carbocycles. The Morgan fingerprint density at radius 2 is 1.93 bits per heavy atom. The molecule has 0 bridgehead atoms. The monoisotopic (exact) mass is 452 g/mol. The number of alkyl halides is 3. The maximum atomic E-state index is 13.1. The van der Waals surface area contributed by atoms with Crippen molar-refractivity contribution in [3.05, 3.63) is 70.5 Å². The van der Waals surface area contributed by atoms with Gasteiger partial charge in [-0.3, -0.25) is 9.89 Å². The predicted molar refractivity (Wildman–Crippen MR) is 108 cm³/mol. The van der Waals surface area contributed by atoms with Crippen LogP contribution >= 0.6 is 23.4 Å². The summed E-state index contributed by atoms with van der Waals surface area (Å²) in [6.45, 7) is 0. The van der Waals surface area contributed by atoms with Crippen molar-refractivity contribution >= 4 is 35.0 Å². The van der Waals surface area contributed by atoms with Crippen molar-refractivity contribution in [1.29, 1.82) is 0 Å². The molecule has 0 saturated heterocycles. The van der Waals surface area contributed by atoms with Crippen LogP contribution < -0.4 is 5.32 Å². The lowest BCUT2D eigenvalue weighted by Crippen LogP contribution is -2.19. The number of hydrogen-bond donors (Lipinski definition) is 2. The molecule has 156 valence electrons. The molecule has 1 heterocycles. The first-order valence-corrected chi connectivity index (χ1v) is 10.4. The van der Waals surface area contributed by atoms with E-state index in [1.54, 1.807) is 24.3 Å². The van der Waals surface area contributed by atoms with Crippen molar-refractivity contribution in [1.82, 2.24) is 15.2 Å². The van der Waals surface area contributed by atoms with Gasteiger partial charge in [0, 0.05) is 11.6 Å². The highest BCUT2D eigenvalue weighted by Gasteiger charge is 2.34. The summed E-state index contributed by atoms with van der Waals surface area (Å²) in [5.41, 5.74) is -0.316. The van der Waals surface area contributed by atoms with E-state index in [1.165, 1.54) is 6.07 Å². The Bertz CT molecular complexity index is 1050. The SMILES string of the molecule is O=C(Nc1ccc(Cl)c(C(F)(F)F)c1)[C@H](Sc1n[nH]c(C2CC2)n1)c1ccccc1. The Balaban J connectivity index is 1.58. The first kappa shape index (κ1) is 20.7. The molecule has 1 fully saturated rings. The molecular weight excluding hydrogens is 437 g/mol. The van der Waals surface area contributed by atoms with Crippen molar-refractivity contribution in [3.63, 3.8) is 0 Å². The summed E-state index contributed by atoms with van der Waals surface area (Å²) in [5.74, 6) is 0.683. The fourth-order valence-electron chi connectivity index (χ4n) is 2.88. The van der Waals surface area contributed by atoms with Crippen LogP contribution in [0.15, 0.2) is 53.7 Å². The van der Waals surface area contributed by atoms with E-state index < -0.39 is 27.9 Å². The maximum absolute atomic E-state index is 13.1. The van der Waals surface area contributed by atoms with Gasteiger partial charge < -0.3 is 5.32 Å². The highest BCUT2D eigenvalue weighted by molar-refractivity contribution is 8.00. The molecule has 0 spiro atoms. The van der Waals surface area contributed by atoms with E-state index >= 15 is 0 Å². The van der Waals surface area contributed by atoms with E-state index in [4.69, 9.17) is 11.6 Å². The van der Waals surface area contributed by atoms with Crippen molar-refractivity contribution in [2.75, 3.05) is 5.32 Å². The Hall–Kier alpha value is -2.52. The van der Waals surface area contributed by atoms with E-state index in [2.05, 4.69) is 20.5 Å². The summed E-state index contributed by atoms with van der Waals surface area (Å²) in [7, 11) is 0. The number of nitrogens with one attached hydrogen (secondary N) is 2. The van der Waals surface area contributed by atoms with Gasteiger partial charge in [0.05, 0.1) is 10.6 Å². The summed E-state index contributed by atoms with van der Waals surface area (Å²) in [6.07, 6.45) is -2.51. The molecule has 1 saturated carbocycles. The third-order valence-corrected chi connectivity index (χ3v) is 5.99. The lowest BCUT2D eigenvalue weighted by Gasteiger charge is -2.17. The molecule has 30 heavy (non-hydrogen) atoms. The molecular formula is C20H16ClF3N4OS. The molecule has 1 amide bonds. The molecule has 1 aliphatic carbocycles. The molecule has 5 nitrogen and oxygen atoms in total. The van der Waals surface area contributed by atoms with E-state index in [0.717, 1.165) is 42.6 Å². The number of nitrogens with zero attached hydrogens (tertiary/aromatic N) is 2. The number of hydrogen-bond acceptors (Lipinski definition) is 4. The van der Waals surface area contributed by atoms with Gasteiger partial charge in [-0.2, -0.15) is 13.2 Å². The number of carbonyl (C=O) groups is 1. The van der Waals surface area contributed by atoms with Crippen LogP contribution in [-0.2, 0) is 11.0 Å². The second kappa shape index (κ2) is 8.31. The minimum absolute atomic E-state index is 0.00640. The molecule has 0 radical (unpaired) electrons. The third kappa shape index (κ3) is 4.79. The summed E-state index contributed by atoms with van der Waals surface area (Å²) >= 11 is 6.79. The van der Waals surface area contributed by atoms with Gasteiger partial charge in [0.25, 0.3) is 0 Å². The first-order chi connectivity index (χ1) is 14.3. The average molecular weight is 453 g/mol. The van der Waals surface area contributed by atoms with Gasteiger partial charge in [0.2, 0.25) is 11.1 Å². The number of aromatic amines is 1. The second-order valence-electron chi connectivity index (χ2n) is 6.87. The zero-order valence-corrected chi connectivity index (χ0v) is 17.0. The van der Waals surface area contributed by atoms with E-state index in [9.17, 15) is 18.0 Å². The van der Waals surface area contributed by atoms with Crippen molar-refractivity contribution in [3.8, 4) is 0 Å². The number of anilines is 1. The minimum Gasteiger partial charge on any atom is -0.325 e. The summed E-state index contributed by atoms with van der Waals surface area (Å²) in [4.78, 5) is 17.4. The number of aromatic nitrogens is 3. The van der Waals surface area contributed by atoms with Crippen LogP contribution in [0.4, 0.5) is 18.9 Å². The average Bonchev–Trinajstić information content (AvgIpc) is 3.46. The van der Waals surface area contributed by atoms with Gasteiger partial charge in [-0.15, -0.1) is 5.10 Å². The number of carbonyl (C=O) groups excluding carboxylic acids is 1. The fraction of sp³-hybridized carbons (Fsp3) is 0.250. The Morgan fingerprint density at radius 1 is 1.20 bits per heavy atom. The lowest BCUT2D eigenvalue weighted by atomic mass is 10.1. The molecule has 3 aromatic rings. The normalized spacial score (nSPS) is 15.1. The van der Waals surface area contributed by atoms with Crippen LogP contribution in [0.2, 0.25) is 5.02 Å². The molecule has 1 aromatic heterocycles. The fourth-order valence-corrected chi connectivity index (χ4v) is 4.03. The molecule has 0 unspecified atom stereocenters. The standard InChI is InChI=1S/C20H16ClF3N4OS/c21-15-9-8-13(10-14(15)20(22,23)24)25-18(29)16(11-4-2-1-3-5-11)30-19-26-17(27-28-19)12-6-7-12/h1-5,8-10,12,16H,6-7H2,(H,25,29)(H,26,27,28)/t16-/m1/s1. The van der Waals surface area contributed by atoms with Gasteiger partial charge in [-0.05, 0) is 36.6 Å². The number of halogens is 4. The van der Waals surface area contributed by atoms with Gasteiger partial charge in [-0.25, -0.2) is 4.98 Å². The molecule has 4 rings (SSSR count). The molecule has 0 aliphatic heterocycles. The zero-order chi connectivity index (χ0) is 21.3. The molecule has 1 atom stereocenters. The summed E-state index contributed by atoms with van der Waals surface area (Å²) in [5, 5.41) is 8.85. The van der Waals surface area contributed by atoms with Crippen LogP contribution in [0.5, 0.6) is 0 Å². The number of H-pyrrole nitrogens is 1. The van der Waals surface area contributed by atoms with Gasteiger partial charge in [0.15, 0.2) is 0 Å². The number of thioether (sulfide) groups is 1. The molecule has 2 N–H and O–H groups in total. The maximum Gasteiger partial charge on any atom is 0.417 e. The second-order valence-corrected chi connectivity index (χ2v) is 8.35. The van der Waals surface area contributed by atoms with Gasteiger partial charge in [0.1, 0.15) is 11.1 Å². The van der Waals surface area contributed by atoms with E-state index in [-0.39, 0.29) is 5.69 Å². The smallest absolute Gasteiger partial charge is 0.325 e. The molecule has 10 heteroatoms. The largest absolute Gasteiger partial charge is 0.417 e. The third-order valence-electron chi connectivity index (χ3n) is 4.55. The van der Waals surface area contributed by atoms with E-state index in [0.29, 0.717) is 16.6 Å². The summed E-state index contributed by atoms with van der Waals surface area (Å²) < 4.78 is 39.4. The predicted octanol–water partition coefficient (Wildman–Crippen LogP) is 5.83. The Labute approximate surface area is 179 Å². The zero-order valence-electron chi connectivity index (χ0n) is 15.4. The van der Waals surface area contributed by atoms with Crippen LogP contribution in [-0.4, -0.2) is 21.1 Å². The van der Waals surface area contributed by atoms with Crippen molar-refractivity contribution < 1.29 is 18.0 Å². The van der Waals surface area contributed by atoms with Gasteiger partial charge >= 0.3 is 6.18 Å². The van der Waals surface area contributed by atoms with Gasteiger partial charge in [-0.1, -0.05) is 53.7 Å². The topological polar surface area (TPSA) is 70.7 Å². The van der Waals surface area contributed by atoms with Crippen molar-refractivity contribution in [2.24, 2.45) is 0 Å². The number of rotatable bonds is 6. The Morgan fingerprint density at radius 3 is 2.60 bits per heavy atom. The van der Waals surface area contributed by atoms with Crippen LogP contribution in [0.1, 0.15) is 41.0 Å². The quantitative estimate of drug-likeness (QED) is 0.462. The Kier molecular flexibility index (Phi) is 5.75. The highest BCUT2D eigenvalue weighted by Crippen LogP contribution is 2.41. The number of benzene rings is 2. The number of amides is 1. The summed E-state index contributed by atoms with van der Waals surface area (Å²) in [6, 6.07) is 12.2. The lowest BCUT2D eigenvalue weighted by molar-refractivity contribution is -0.137. The van der Waals surface area contributed by atoms with E-state index in [1.807, 2.05) is 6.07 Å². The van der Waals surface area contributed by atoms with Crippen LogP contribution in [0.3, 0.4) is 0 Å². The van der Waals surface area contributed by atoms with Crippen LogP contribution in [0.25, 0.3) is 0 Å². The highest BCUT2D eigenvalue weighted by atomic mass is 35.5. The molecule has 1 aliphatic rings. The van der Waals surface area contributed by atoms with Crippen molar-refractivity contribution in [2.45, 2.75) is 35.3 Å². The van der Waals surface area contributed by atoms with Crippen LogP contribution in [0, 0.1) is 0 Å².